The van der Waals surface area contributed by atoms with E-state index in [1.54, 1.807) is 0 Å². The summed E-state index contributed by atoms with van der Waals surface area (Å²) < 4.78 is 0. The zero-order chi connectivity index (χ0) is 5.11. The number of hydrogen-bond donors (Lipinski definition) is 0. The molecule has 33 valence electrons. The van der Waals surface area contributed by atoms with Gasteiger partial charge in [-0.1, -0.05) is 18.1 Å². The quantitative estimate of drug-likeness (QED) is 0.392. The minimum absolute atomic E-state index is 0.830. The predicted octanol–water partition coefficient (Wildman–Crippen LogP) is 1.31. The smallest absolute Gasteiger partial charge is 0.00616 e. The monoisotopic (exact) mass is 89.0 g/mol. The molecule has 0 heterocycles. The van der Waals surface area contributed by atoms with E-state index in [9.17, 15) is 0 Å². The van der Waals surface area contributed by atoms with Crippen LogP contribution in [0.1, 0.15) is 6.42 Å². The number of allylic oxidation sites excluding steroid dienone is 4. The van der Waals surface area contributed by atoms with Gasteiger partial charge in [0.25, 0.3) is 0 Å². The van der Waals surface area contributed by atoms with Crippen molar-refractivity contribution in [3.05, 3.63) is 23.8 Å². The highest BCUT2D eigenvalue weighted by Gasteiger charge is 1.90. The van der Waals surface area contributed by atoms with E-state index in [0.717, 1.165) is 12.0 Å². The van der Waals surface area contributed by atoms with Gasteiger partial charge < -0.3 is 0 Å². The van der Waals surface area contributed by atoms with Gasteiger partial charge in [-0.25, -0.2) is 0 Å². The Hall–Kier alpha value is -0.960. The second-order valence-corrected chi connectivity index (χ2v) is 1.38. The zero-order valence-electron chi connectivity index (χ0n) is 3.94. The van der Waals surface area contributed by atoms with Crippen molar-refractivity contribution in [2.24, 2.45) is 0 Å². The third-order valence-electron chi connectivity index (χ3n) is 0.880. The molecule has 0 amide bonds. The Morgan fingerprint density at radius 3 is 3.00 bits per heavy atom. The lowest BCUT2D eigenvalue weighted by Gasteiger charge is -1.78. The summed E-state index contributed by atoms with van der Waals surface area (Å²) in [7, 11) is 0. The van der Waals surface area contributed by atoms with Crippen molar-refractivity contribution in [1.29, 1.82) is 0 Å². The van der Waals surface area contributed by atoms with Crippen LogP contribution >= 0.6 is 0 Å². The molecule has 0 atom stereocenters. The van der Waals surface area contributed by atoms with E-state index in [1.807, 2.05) is 12.2 Å². The van der Waals surface area contributed by atoms with Crippen LogP contribution in [0.25, 0.3) is 0 Å². The van der Waals surface area contributed by atoms with Gasteiger partial charge >= 0.3 is 0 Å². The first kappa shape index (κ1) is 4.21. The second kappa shape index (κ2) is 1.66. The van der Waals surface area contributed by atoms with Gasteiger partial charge in [0.1, 0.15) is 0 Å². The highest BCUT2D eigenvalue weighted by atomic mass is 13.9. The van der Waals surface area contributed by atoms with E-state index in [-0.39, 0.29) is 0 Å². The summed E-state index contributed by atoms with van der Waals surface area (Å²) in [5.41, 5.74) is 1.03. The summed E-state index contributed by atoms with van der Waals surface area (Å²) in [5, 5.41) is 0. The molecule has 7 heavy (non-hydrogen) atoms. The fourth-order valence-corrected chi connectivity index (χ4v) is 0.486. The molecule has 0 aromatic carbocycles. The maximum Gasteiger partial charge on any atom is 0.00616 e. The van der Waals surface area contributed by atoms with Crippen LogP contribution < -0.4 is 0 Å². The Kier molecular flexibility index (Phi) is 0.997. The van der Waals surface area contributed by atoms with Gasteiger partial charge in [0, 0.05) is 12.0 Å². The van der Waals surface area contributed by atoms with E-state index in [4.69, 9.17) is 6.42 Å². The summed E-state index contributed by atoms with van der Waals surface area (Å²) >= 11 is 0. The predicted molar refractivity (Wildman–Crippen MR) is 29.3 cm³/mol. The van der Waals surface area contributed by atoms with Crippen LogP contribution in [0.15, 0.2) is 17.7 Å². The molecule has 0 nitrogen and oxygen atoms in total. The SMILES string of the molecule is C#CC1=CC=[C]C1. The largest absolute Gasteiger partial charge is 0.115 e. The molecule has 0 fully saturated rings. The van der Waals surface area contributed by atoms with Gasteiger partial charge in [-0.05, 0) is 6.08 Å². The van der Waals surface area contributed by atoms with Gasteiger partial charge in [0.2, 0.25) is 0 Å². The molecule has 0 N–H and O–H groups in total. The van der Waals surface area contributed by atoms with Gasteiger partial charge in [0.05, 0.1) is 0 Å². The molecule has 0 saturated heterocycles. The summed E-state index contributed by atoms with van der Waals surface area (Å²) in [6, 6.07) is 0. The Balaban J connectivity index is 2.67. The minimum Gasteiger partial charge on any atom is -0.115 e. The van der Waals surface area contributed by atoms with Gasteiger partial charge in [-0.15, -0.1) is 6.42 Å². The first-order chi connectivity index (χ1) is 3.43. The molecule has 1 aliphatic carbocycles. The fraction of sp³-hybridized carbons (Fsp3) is 0.143. The van der Waals surface area contributed by atoms with Crippen molar-refractivity contribution in [3.63, 3.8) is 0 Å². The summed E-state index contributed by atoms with van der Waals surface area (Å²) in [6.07, 6.45) is 12.6. The lowest BCUT2D eigenvalue weighted by atomic mass is 10.2. The topological polar surface area (TPSA) is 0 Å². The number of terminal acetylenes is 1. The fourth-order valence-electron chi connectivity index (χ4n) is 0.486. The van der Waals surface area contributed by atoms with Crippen LogP contribution in [0.3, 0.4) is 0 Å². The van der Waals surface area contributed by atoms with Crippen molar-refractivity contribution < 1.29 is 0 Å². The number of rotatable bonds is 0. The first-order valence-corrected chi connectivity index (χ1v) is 2.16. The summed E-state index contributed by atoms with van der Waals surface area (Å²) in [6.45, 7) is 0. The lowest BCUT2D eigenvalue weighted by molar-refractivity contribution is 1.32. The highest BCUT2D eigenvalue weighted by Crippen LogP contribution is 2.05. The maximum atomic E-state index is 5.06. The normalized spacial score (nSPS) is 16.1. The van der Waals surface area contributed by atoms with Crippen LogP contribution in [0.4, 0.5) is 0 Å². The molecule has 0 saturated carbocycles. The Labute approximate surface area is 43.5 Å². The molecule has 0 aromatic heterocycles. The van der Waals surface area contributed by atoms with E-state index in [0.29, 0.717) is 0 Å². The molecule has 0 bridgehead atoms. The molecule has 1 rings (SSSR count). The third-order valence-corrected chi connectivity index (χ3v) is 0.880. The minimum atomic E-state index is 0.830. The van der Waals surface area contributed by atoms with Crippen LogP contribution in [-0.4, -0.2) is 0 Å². The zero-order valence-corrected chi connectivity index (χ0v) is 3.94. The molecule has 1 radical (unpaired) electrons. The Morgan fingerprint density at radius 2 is 2.71 bits per heavy atom. The van der Waals surface area contributed by atoms with Crippen molar-refractivity contribution in [3.8, 4) is 12.3 Å². The second-order valence-electron chi connectivity index (χ2n) is 1.38. The number of hydrogen-bond acceptors (Lipinski definition) is 0. The Bertz CT molecular complexity index is 153. The van der Waals surface area contributed by atoms with Crippen molar-refractivity contribution >= 4 is 0 Å². The van der Waals surface area contributed by atoms with Gasteiger partial charge in [-0.3, -0.25) is 0 Å². The summed E-state index contributed by atoms with van der Waals surface area (Å²) in [5.74, 6) is 2.53. The standard InChI is InChI=1S/C7H5/c1-2-7-5-3-4-6-7/h1,3,5H,6H2. The van der Waals surface area contributed by atoms with E-state index >= 15 is 0 Å². The molecule has 0 aliphatic heterocycles. The van der Waals surface area contributed by atoms with E-state index in [2.05, 4.69) is 12.0 Å². The molecule has 0 heteroatoms. The van der Waals surface area contributed by atoms with Crippen LogP contribution in [0.2, 0.25) is 0 Å². The molecule has 0 spiro atoms. The Morgan fingerprint density at radius 1 is 1.86 bits per heavy atom. The highest BCUT2D eigenvalue weighted by molar-refractivity contribution is 5.33. The van der Waals surface area contributed by atoms with Crippen molar-refractivity contribution in [2.45, 2.75) is 6.42 Å². The lowest BCUT2D eigenvalue weighted by Crippen LogP contribution is -1.64. The molecular formula is C7H5. The average Bonchev–Trinajstić information content (AvgIpc) is 2.14. The molecular weight excluding hydrogens is 84.1 g/mol. The van der Waals surface area contributed by atoms with Crippen LogP contribution in [0, 0.1) is 18.4 Å². The summed E-state index contributed by atoms with van der Waals surface area (Å²) in [4.78, 5) is 0. The van der Waals surface area contributed by atoms with Crippen molar-refractivity contribution in [1.82, 2.24) is 0 Å². The average molecular weight is 89.1 g/mol. The molecule has 0 aromatic rings. The van der Waals surface area contributed by atoms with Crippen LogP contribution in [0.5, 0.6) is 0 Å². The maximum absolute atomic E-state index is 5.06. The van der Waals surface area contributed by atoms with Crippen LogP contribution in [-0.2, 0) is 0 Å². The van der Waals surface area contributed by atoms with E-state index < -0.39 is 0 Å². The van der Waals surface area contributed by atoms with Gasteiger partial charge in [0.15, 0.2) is 0 Å². The third kappa shape index (κ3) is 0.721. The first-order valence-electron chi connectivity index (χ1n) is 2.16. The van der Waals surface area contributed by atoms with Gasteiger partial charge in [-0.2, -0.15) is 0 Å². The molecule has 1 aliphatic rings. The molecule has 0 unspecified atom stereocenters. The van der Waals surface area contributed by atoms with E-state index in [1.165, 1.54) is 0 Å². The van der Waals surface area contributed by atoms with Crippen molar-refractivity contribution in [2.75, 3.05) is 0 Å².